The molecule has 0 amide bonds. The smallest absolute Gasteiger partial charge is 4.00 e. The van der Waals surface area contributed by atoms with Gasteiger partial charge in [0.15, 0.2) is 0 Å². The second-order valence-corrected chi connectivity index (χ2v) is 14.0. The average molecular weight is 581 g/mol. The fraction of sp³-hybridized carbons (Fsp3) is 0.737. The van der Waals surface area contributed by atoms with Gasteiger partial charge in [-0.2, -0.15) is 0 Å². The van der Waals surface area contributed by atoms with E-state index in [1.54, 1.807) is 11.5 Å². The van der Waals surface area contributed by atoms with E-state index in [-0.39, 0.29) is 44.0 Å². The monoisotopic (exact) mass is 583 g/mol. The predicted molar refractivity (Wildman–Crippen MR) is 112 cm³/mol. The third kappa shape index (κ3) is 32.7. The molecule has 0 fully saturated rings. The molecule has 6 heteroatoms. The minimum atomic E-state index is -2.94. The van der Waals surface area contributed by atoms with Crippen molar-refractivity contribution in [3.63, 3.8) is 0 Å². The molecule has 3 N–H and O–H groups in total. The Hall–Kier alpha value is 0.573. The summed E-state index contributed by atoms with van der Waals surface area (Å²) >= 11 is -2.94. The van der Waals surface area contributed by atoms with Crippen LogP contribution in [0.5, 0.6) is 0 Å². The molecule has 3 unspecified atom stereocenters. The molecule has 3 atom stereocenters. The van der Waals surface area contributed by atoms with Crippen LogP contribution in [0, 0.1) is 0 Å². The van der Waals surface area contributed by atoms with Crippen LogP contribution in [0.25, 0.3) is 17.2 Å². The van der Waals surface area contributed by atoms with Gasteiger partial charge in [0.25, 0.3) is 0 Å². The van der Waals surface area contributed by atoms with Gasteiger partial charge < -0.3 is 17.2 Å². The third-order valence-corrected chi connectivity index (χ3v) is 6.77. The summed E-state index contributed by atoms with van der Waals surface area (Å²) in [6.07, 6.45) is 2.92. The van der Waals surface area contributed by atoms with Crippen LogP contribution in [-0.2, 0) is 25.8 Å². The Morgan fingerprint density at radius 1 is 0.800 bits per heavy atom. The third-order valence-electron chi connectivity index (χ3n) is 3.19. The maximum absolute atomic E-state index is 13.1. The molecule has 0 saturated carbocycles. The number of hydrogen-bond donors (Lipinski definition) is 0. The van der Waals surface area contributed by atoms with Crippen LogP contribution in [0.15, 0.2) is 24.3 Å². The Bertz CT molecular complexity index is 318. The second kappa shape index (κ2) is 20.9. The Morgan fingerprint density at radius 3 is 1.08 bits per heavy atom. The summed E-state index contributed by atoms with van der Waals surface area (Å²) in [7, 11) is 0. The van der Waals surface area contributed by atoms with Crippen LogP contribution in [-0.4, -0.2) is 31.9 Å². The van der Waals surface area contributed by atoms with Gasteiger partial charge in [-0.15, -0.1) is 18.1 Å². The molecular weight excluding hydrogens is 540 g/mol. The molecule has 3 nitrogen and oxygen atoms in total. The topological polar surface area (TPSA) is 71.4 Å². The summed E-state index contributed by atoms with van der Waals surface area (Å²) < 4.78 is 14.1. The van der Waals surface area contributed by atoms with Crippen molar-refractivity contribution >= 4 is 18.1 Å². The number of halogens is 1. The van der Waals surface area contributed by atoms with Crippen LogP contribution in [0.2, 0.25) is 11.5 Å². The molecule has 0 aliphatic rings. The molecule has 0 bridgehead atoms. The first kappa shape index (κ1) is 33.2. The minimum Gasteiger partial charge on any atom is 4.00 e. The maximum atomic E-state index is 13.1. The van der Waals surface area contributed by atoms with Crippen LogP contribution < -0.4 is 4.40 Å². The van der Waals surface area contributed by atoms with Crippen molar-refractivity contribution in [3.8, 4) is 0 Å². The zero-order chi connectivity index (χ0) is 19.8. The van der Waals surface area contributed by atoms with Crippen molar-refractivity contribution in [2.75, 3.05) is 0 Å². The van der Waals surface area contributed by atoms with Gasteiger partial charge in [-0.3, -0.25) is 0 Å². The molecule has 25 heavy (non-hydrogen) atoms. The molecule has 0 spiro atoms. The summed E-state index contributed by atoms with van der Waals surface area (Å²) in [5.74, 6) is 3.49. The summed E-state index contributed by atoms with van der Waals surface area (Å²) in [5.41, 5.74) is 20.5. The van der Waals surface area contributed by atoms with Gasteiger partial charge in [0.05, 0.1) is 0 Å². The summed E-state index contributed by atoms with van der Waals surface area (Å²) in [6.45, 7) is 11.7. The van der Waals surface area contributed by atoms with Crippen molar-refractivity contribution in [2.24, 2.45) is 0 Å². The van der Waals surface area contributed by atoms with Gasteiger partial charge in [-0.05, 0) is 0 Å². The van der Waals surface area contributed by atoms with Gasteiger partial charge in [-0.1, -0.05) is 60.8 Å². The van der Waals surface area contributed by atoms with Gasteiger partial charge in [0, 0.05) is 0 Å². The molecule has 0 aliphatic heterocycles. The van der Waals surface area contributed by atoms with E-state index in [1.807, 2.05) is 65.8 Å². The summed E-state index contributed by atoms with van der Waals surface area (Å²) in [6, 6.07) is 7.93. The first-order valence-corrected chi connectivity index (χ1v) is 15.0. The molecule has 0 saturated heterocycles. The first-order chi connectivity index (χ1) is 10.9. The van der Waals surface area contributed by atoms with E-state index in [4.69, 9.17) is 17.2 Å². The molecule has 0 radical (unpaired) electrons. The molecular formula is C19H40FGeHfN3. The van der Waals surface area contributed by atoms with E-state index in [0.29, 0.717) is 0 Å². The Balaban J connectivity index is -0.000000122. The SMILES string of the molecule is CCC(C)[NH-].CCC(C)[NH-].CCC(C)[NH-].[CH3][Ge]([CH3])([F])[c-]1cccc1.[Hf+4]. The Morgan fingerprint density at radius 2 is 1.00 bits per heavy atom. The van der Waals surface area contributed by atoms with Gasteiger partial charge in [-0.25, -0.2) is 0 Å². The van der Waals surface area contributed by atoms with Crippen LogP contribution >= 0.6 is 0 Å². The van der Waals surface area contributed by atoms with Crippen molar-refractivity contribution in [1.82, 2.24) is 0 Å². The van der Waals surface area contributed by atoms with E-state index in [0.717, 1.165) is 23.7 Å². The van der Waals surface area contributed by atoms with Gasteiger partial charge in [0.2, 0.25) is 0 Å². The zero-order valence-electron chi connectivity index (χ0n) is 17.5. The van der Waals surface area contributed by atoms with E-state index < -0.39 is 13.7 Å². The van der Waals surface area contributed by atoms with Crippen molar-refractivity contribution < 1.29 is 29.3 Å². The van der Waals surface area contributed by atoms with Crippen LogP contribution in [0.3, 0.4) is 0 Å². The minimum absolute atomic E-state index is 0. The Labute approximate surface area is 178 Å². The summed E-state index contributed by atoms with van der Waals surface area (Å²) in [4.78, 5) is 0. The molecule has 0 aromatic heterocycles. The van der Waals surface area contributed by atoms with E-state index in [9.17, 15) is 3.50 Å². The van der Waals surface area contributed by atoms with Crippen molar-refractivity contribution in [3.05, 3.63) is 41.5 Å². The van der Waals surface area contributed by atoms with Gasteiger partial charge in [0.1, 0.15) is 0 Å². The van der Waals surface area contributed by atoms with Crippen LogP contribution in [0.1, 0.15) is 60.8 Å². The number of hydrogen-bond acceptors (Lipinski definition) is 0. The van der Waals surface area contributed by atoms with E-state index in [2.05, 4.69) is 0 Å². The zero-order valence-corrected chi connectivity index (χ0v) is 23.2. The Kier molecular flexibility index (Phi) is 27.7. The van der Waals surface area contributed by atoms with Crippen molar-refractivity contribution in [2.45, 2.75) is 90.4 Å². The number of nitrogens with one attached hydrogen (secondary N) is 3. The fourth-order valence-electron chi connectivity index (χ4n) is 0.770. The van der Waals surface area contributed by atoms with E-state index >= 15 is 0 Å². The van der Waals surface area contributed by atoms with Gasteiger partial charge >= 0.3 is 83.2 Å². The largest absolute Gasteiger partial charge is 4.00 e. The standard InChI is InChI=1S/C7H10FGe.3C4H10N.Hf/c1-9(2,8)7-5-3-4-6-7;3*1-3-4(2)5;/h3-6H,1-2H3;3*4-5H,3H2,1-2H3;/q4*-1;+4. The van der Waals surface area contributed by atoms with Crippen LogP contribution in [0.4, 0.5) is 3.50 Å². The van der Waals surface area contributed by atoms with Crippen molar-refractivity contribution in [1.29, 1.82) is 0 Å². The molecule has 1 aromatic rings. The number of rotatable bonds is 4. The molecule has 146 valence electrons. The quantitative estimate of drug-likeness (QED) is 0.265. The first-order valence-electron chi connectivity index (χ1n) is 8.96. The second-order valence-electron chi connectivity index (χ2n) is 6.57. The average Bonchev–Trinajstić information content (AvgIpc) is 3.03. The normalized spacial score (nSPS) is 13.3. The van der Waals surface area contributed by atoms with E-state index in [1.165, 1.54) is 0 Å². The molecule has 1 rings (SSSR count). The predicted octanol–water partition coefficient (Wildman–Crippen LogP) is 7.30. The fourth-order valence-corrected chi connectivity index (χ4v) is 2.84. The molecule has 1 aromatic carbocycles. The maximum Gasteiger partial charge on any atom is 4.00 e. The molecule has 0 aliphatic carbocycles. The molecule has 0 heterocycles. The summed E-state index contributed by atoms with van der Waals surface area (Å²) in [5, 5.41) is 0.